The van der Waals surface area contributed by atoms with E-state index in [1.54, 1.807) is 39.0 Å². The van der Waals surface area contributed by atoms with Crippen molar-refractivity contribution in [1.82, 2.24) is 14.9 Å². The van der Waals surface area contributed by atoms with Crippen LogP contribution in [-0.4, -0.2) is 27.4 Å². The average molecular weight is 451 g/mol. The fraction of sp³-hybridized carbons (Fsp3) is 0.318. The number of para-hydroxylation sites is 1. The number of amides is 1. The first-order chi connectivity index (χ1) is 14.9. The maximum absolute atomic E-state index is 14.4. The van der Waals surface area contributed by atoms with Gasteiger partial charge in [0.05, 0.1) is 23.7 Å². The van der Waals surface area contributed by atoms with Crippen molar-refractivity contribution in [2.45, 2.75) is 45.0 Å². The van der Waals surface area contributed by atoms with Crippen LogP contribution in [0, 0.1) is 5.82 Å². The summed E-state index contributed by atoms with van der Waals surface area (Å²) < 4.78 is 60.7. The Bertz CT molecular complexity index is 1190. The zero-order valence-corrected chi connectivity index (χ0v) is 17.5. The third-order valence-electron chi connectivity index (χ3n) is 4.33. The number of nitrogens with one attached hydrogen (secondary N) is 1. The van der Waals surface area contributed by atoms with Gasteiger partial charge in [0, 0.05) is 0 Å². The number of hydrogen-bond acceptors (Lipinski definition) is 4. The molecule has 0 saturated carbocycles. The molecule has 0 aliphatic heterocycles. The van der Waals surface area contributed by atoms with Gasteiger partial charge in [0.15, 0.2) is 0 Å². The molecule has 1 unspecified atom stereocenters. The fourth-order valence-corrected chi connectivity index (χ4v) is 3.16. The Hall–Kier alpha value is -3.43. The highest BCUT2D eigenvalue weighted by atomic mass is 19.4. The van der Waals surface area contributed by atoms with Gasteiger partial charge in [-0.25, -0.2) is 14.2 Å². The van der Waals surface area contributed by atoms with Crippen molar-refractivity contribution in [3.05, 3.63) is 70.5 Å². The first kappa shape index (κ1) is 23.2. The number of halogens is 4. The molecule has 3 rings (SSSR count). The van der Waals surface area contributed by atoms with Gasteiger partial charge in [0.2, 0.25) is 0 Å². The van der Waals surface area contributed by atoms with Crippen LogP contribution in [0.15, 0.2) is 53.3 Å². The Morgan fingerprint density at radius 3 is 2.34 bits per heavy atom. The van der Waals surface area contributed by atoms with Crippen molar-refractivity contribution in [3.8, 4) is 5.69 Å². The molecule has 3 aromatic rings. The van der Waals surface area contributed by atoms with Gasteiger partial charge in [0.1, 0.15) is 22.6 Å². The van der Waals surface area contributed by atoms with E-state index in [1.807, 2.05) is 0 Å². The highest BCUT2D eigenvalue weighted by Crippen LogP contribution is 2.30. The van der Waals surface area contributed by atoms with Crippen LogP contribution >= 0.6 is 0 Å². The maximum Gasteiger partial charge on any atom is 0.408 e. The molecule has 1 aromatic heterocycles. The summed E-state index contributed by atoms with van der Waals surface area (Å²) in [6, 6.07) is 9.62. The zero-order chi connectivity index (χ0) is 23.7. The number of rotatable bonds is 4. The third kappa shape index (κ3) is 5.43. The third-order valence-corrected chi connectivity index (χ3v) is 4.33. The van der Waals surface area contributed by atoms with E-state index < -0.39 is 47.5 Å². The van der Waals surface area contributed by atoms with Crippen LogP contribution in [0.2, 0.25) is 0 Å². The van der Waals surface area contributed by atoms with Gasteiger partial charge in [-0.05, 0) is 45.0 Å². The second-order valence-electron chi connectivity index (χ2n) is 8.10. The molecule has 1 atom stereocenters. The number of fused-ring (bicyclic) bond motifs is 1. The highest BCUT2D eigenvalue weighted by molar-refractivity contribution is 5.79. The summed E-state index contributed by atoms with van der Waals surface area (Å²) >= 11 is 0. The minimum atomic E-state index is -4.71. The van der Waals surface area contributed by atoms with Gasteiger partial charge < -0.3 is 10.1 Å². The molecule has 0 radical (unpaired) electrons. The molecule has 0 bridgehead atoms. The lowest BCUT2D eigenvalue weighted by Crippen LogP contribution is -2.39. The van der Waals surface area contributed by atoms with Crippen molar-refractivity contribution >= 4 is 17.0 Å². The summed E-state index contributed by atoms with van der Waals surface area (Å²) in [6.07, 6.45) is -7.35. The summed E-state index contributed by atoms with van der Waals surface area (Å²) in [5.41, 5.74) is -1.82. The van der Waals surface area contributed by atoms with Gasteiger partial charge in [-0.1, -0.05) is 24.3 Å². The molecule has 6 nitrogen and oxygen atoms in total. The van der Waals surface area contributed by atoms with E-state index in [0.717, 1.165) is 10.6 Å². The average Bonchev–Trinajstić information content (AvgIpc) is 2.65. The molecule has 32 heavy (non-hydrogen) atoms. The predicted molar refractivity (Wildman–Crippen MR) is 110 cm³/mol. The first-order valence-corrected chi connectivity index (χ1v) is 9.68. The number of carbonyl (C=O) groups excluding carboxylic acids is 1. The molecule has 0 spiro atoms. The smallest absolute Gasteiger partial charge is 0.408 e. The van der Waals surface area contributed by atoms with Crippen LogP contribution in [0.3, 0.4) is 0 Å². The molecule has 0 aliphatic rings. The Labute approximate surface area is 180 Å². The van der Waals surface area contributed by atoms with Crippen molar-refractivity contribution in [3.63, 3.8) is 0 Å². The molecule has 0 saturated heterocycles. The lowest BCUT2D eigenvalue weighted by molar-refractivity contribution is -0.140. The first-order valence-electron chi connectivity index (χ1n) is 9.68. The maximum atomic E-state index is 14.4. The number of hydrogen-bond donors (Lipinski definition) is 1. The van der Waals surface area contributed by atoms with E-state index in [0.29, 0.717) is 0 Å². The molecular formula is C22H21F4N3O3. The van der Waals surface area contributed by atoms with Crippen LogP contribution in [-0.2, 0) is 4.74 Å². The Kier molecular flexibility index (Phi) is 6.25. The van der Waals surface area contributed by atoms with Crippen molar-refractivity contribution in [2.24, 2.45) is 0 Å². The van der Waals surface area contributed by atoms with Gasteiger partial charge in [0.25, 0.3) is 5.56 Å². The number of aromatic nitrogens is 2. The van der Waals surface area contributed by atoms with Crippen LogP contribution in [0.1, 0.15) is 39.1 Å². The van der Waals surface area contributed by atoms with E-state index >= 15 is 0 Å². The Morgan fingerprint density at radius 1 is 1.09 bits per heavy atom. The summed E-state index contributed by atoms with van der Waals surface area (Å²) in [4.78, 5) is 29.7. The van der Waals surface area contributed by atoms with Crippen molar-refractivity contribution in [1.29, 1.82) is 0 Å². The van der Waals surface area contributed by atoms with E-state index in [4.69, 9.17) is 4.74 Å². The van der Waals surface area contributed by atoms with Crippen molar-refractivity contribution in [2.75, 3.05) is 0 Å². The minimum absolute atomic E-state index is 0.129. The van der Waals surface area contributed by atoms with E-state index in [9.17, 15) is 27.2 Å². The lowest BCUT2D eigenvalue weighted by atomic mass is 10.1. The monoisotopic (exact) mass is 451 g/mol. The molecule has 1 N–H and O–H groups in total. The fourth-order valence-electron chi connectivity index (χ4n) is 3.16. The topological polar surface area (TPSA) is 73.2 Å². The Morgan fingerprint density at radius 2 is 1.75 bits per heavy atom. The molecule has 0 fully saturated rings. The second-order valence-corrected chi connectivity index (χ2v) is 8.10. The van der Waals surface area contributed by atoms with E-state index in [-0.39, 0.29) is 16.6 Å². The van der Waals surface area contributed by atoms with Gasteiger partial charge >= 0.3 is 12.3 Å². The summed E-state index contributed by atoms with van der Waals surface area (Å²) in [5, 5.41) is 1.79. The van der Waals surface area contributed by atoms with Crippen molar-refractivity contribution < 1.29 is 27.1 Å². The van der Waals surface area contributed by atoms with Crippen LogP contribution in [0.25, 0.3) is 16.6 Å². The van der Waals surface area contributed by atoms with Gasteiger partial charge in [-0.2, -0.15) is 13.2 Å². The van der Waals surface area contributed by atoms with Crippen LogP contribution < -0.4 is 10.9 Å². The number of alkyl carbamates (subject to hydrolysis) is 1. The van der Waals surface area contributed by atoms with Gasteiger partial charge in [-0.15, -0.1) is 0 Å². The second kappa shape index (κ2) is 8.60. The summed E-state index contributed by atoms with van der Waals surface area (Å²) in [7, 11) is 0. The van der Waals surface area contributed by atoms with Crippen LogP contribution in [0.4, 0.5) is 22.4 Å². The molecule has 170 valence electrons. The van der Waals surface area contributed by atoms with E-state index in [2.05, 4.69) is 10.3 Å². The lowest BCUT2D eigenvalue weighted by Gasteiger charge is -2.26. The molecule has 10 heteroatoms. The SMILES string of the molecule is CC(C)(C)OC(=O)NC(CC(F)(F)F)c1nc2cccc(F)c2c(=O)n1-c1ccccc1. The predicted octanol–water partition coefficient (Wildman–Crippen LogP) is 5.04. The largest absolute Gasteiger partial charge is 0.444 e. The number of nitrogens with zero attached hydrogens (tertiary/aromatic N) is 2. The number of ether oxygens (including phenoxy) is 1. The minimum Gasteiger partial charge on any atom is -0.444 e. The van der Waals surface area contributed by atoms with E-state index in [1.165, 1.54) is 24.3 Å². The summed E-state index contributed by atoms with van der Waals surface area (Å²) in [5.74, 6) is -1.26. The number of alkyl halides is 3. The quantitative estimate of drug-likeness (QED) is 0.564. The highest BCUT2D eigenvalue weighted by Gasteiger charge is 2.37. The number of benzene rings is 2. The molecular weight excluding hydrogens is 430 g/mol. The molecule has 1 amide bonds. The molecule has 2 aromatic carbocycles. The molecule has 0 aliphatic carbocycles. The standard InChI is InChI=1S/C22H21F4N3O3/c1-21(2,3)32-20(31)28-16(12-22(24,25)26)18-27-15-11-7-10-14(23)17(15)19(30)29(18)13-8-5-4-6-9-13/h4-11,16H,12H2,1-3H3,(H,28,31). The summed E-state index contributed by atoms with van der Waals surface area (Å²) in [6.45, 7) is 4.67. The normalized spacial score (nSPS) is 13.1. The Balaban J connectivity index is 2.26. The van der Waals surface area contributed by atoms with Gasteiger partial charge in [-0.3, -0.25) is 9.36 Å². The molecule has 1 heterocycles. The number of carbonyl (C=O) groups is 1. The van der Waals surface area contributed by atoms with Crippen LogP contribution in [0.5, 0.6) is 0 Å². The zero-order valence-electron chi connectivity index (χ0n) is 17.5.